The number of likely N-dealkylation sites (tertiary alicyclic amines) is 1. The second-order valence-corrected chi connectivity index (χ2v) is 6.62. The molecule has 6 heteroatoms. The molecule has 2 aromatic rings. The summed E-state index contributed by atoms with van der Waals surface area (Å²) in [5.41, 5.74) is 0. The molecule has 22 heavy (non-hydrogen) atoms. The smallest absolute Gasteiger partial charge is 0.224 e. The molecule has 3 heterocycles. The van der Waals surface area contributed by atoms with Gasteiger partial charge in [0.05, 0.1) is 5.01 Å². The van der Waals surface area contributed by atoms with Crippen molar-refractivity contribution >= 4 is 17.2 Å². The Balaban J connectivity index is 1.55. The molecule has 2 aromatic heterocycles. The molecule has 0 bridgehead atoms. The summed E-state index contributed by atoms with van der Waals surface area (Å²) in [4.78, 5) is 23.2. The van der Waals surface area contributed by atoms with Gasteiger partial charge in [-0.05, 0) is 12.8 Å². The van der Waals surface area contributed by atoms with Gasteiger partial charge in [0, 0.05) is 62.4 Å². The van der Waals surface area contributed by atoms with Gasteiger partial charge in [0.1, 0.15) is 5.82 Å². The molecule has 1 aliphatic rings. The maximum absolute atomic E-state index is 12.5. The number of rotatable bonds is 5. The van der Waals surface area contributed by atoms with E-state index in [1.165, 1.54) is 5.01 Å². The number of thiazole rings is 1. The SMILES string of the molecule is CCc1nccn1CCC(=O)N1CCC[C@H](c2nccs2)C1. The molecular weight excluding hydrogens is 296 g/mol. The summed E-state index contributed by atoms with van der Waals surface area (Å²) in [6.07, 6.45) is 9.28. The van der Waals surface area contributed by atoms with E-state index in [9.17, 15) is 4.79 Å². The Labute approximate surface area is 135 Å². The highest BCUT2D eigenvalue weighted by Crippen LogP contribution is 2.28. The van der Waals surface area contributed by atoms with Crippen molar-refractivity contribution in [1.29, 1.82) is 0 Å². The van der Waals surface area contributed by atoms with E-state index in [0.29, 0.717) is 12.3 Å². The van der Waals surface area contributed by atoms with Crippen molar-refractivity contribution in [3.8, 4) is 0 Å². The number of hydrogen-bond donors (Lipinski definition) is 0. The topological polar surface area (TPSA) is 51.0 Å². The van der Waals surface area contributed by atoms with Gasteiger partial charge in [0.25, 0.3) is 0 Å². The summed E-state index contributed by atoms with van der Waals surface area (Å²) in [5.74, 6) is 1.71. The molecule has 0 saturated carbocycles. The van der Waals surface area contributed by atoms with E-state index < -0.39 is 0 Å². The van der Waals surface area contributed by atoms with Crippen LogP contribution in [0.5, 0.6) is 0 Å². The molecule has 118 valence electrons. The summed E-state index contributed by atoms with van der Waals surface area (Å²) in [5, 5.41) is 3.18. The molecule has 0 radical (unpaired) electrons. The van der Waals surface area contributed by atoms with Crippen LogP contribution in [-0.2, 0) is 17.8 Å². The van der Waals surface area contributed by atoms with Crippen molar-refractivity contribution in [1.82, 2.24) is 19.4 Å². The number of carbonyl (C=O) groups is 1. The Bertz CT molecular complexity index is 607. The Morgan fingerprint density at radius 2 is 2.32 bits per heavy atom. The normalized spacial score (nSPS) is 18.6. The molecule has 0 aliphatic carbocycles. The molecule has 0 spiro atoms. The van der Waals surface area contributed by atoms with E-state index in [1.54, 1.807) is 11.3 Å². The summed E-state index contributed by atoms with van der Waals surface area (Å²) in [7, 11) is 0. The Morgan fingerprint density at radius 3 is 3.09 bits per heavy atom. The minimum Gasteiger partial charge on any atom is -0.342 e. The van der Waals surface area contributed by atoms with Crippen LogP contribution in [0.2, 0.25) is 0 Å². The van der Waals surface area contributed by atoms with Crippen LogP contribution < -0.4 is 0 Å². The third-order valence-electron chi connectivity index (χ3n) is 4.26. The first-order chi connectivity index (χ1) is 10.8. The van der Waals surface area contributed by atoms with E-state index in [0.717, 1.165) is 44.7 Å². The number of imidazole rings is 1. The number of amides is 1. The number of nitrogens with zero attached hydrogens (tertiary/aromatic N) is 4. The predicted octanol–water partition coefficient (Wildman–Crippen LogP) is 2.70. The van der Waals surface area contributed by atoms with Crippen LogP contribution >= 0.6 is 11.3 Å². The quantitative estimate of drug-likeness (QED) is 0.851. The minimum absolute atomic E-state index is 0.247. The molecule has 0 aromatic carbocycles. The van der Waals surface area contributed by atoms with Crippen molar-refractivity contribution in [2.45, 2.75) is 45.1 Å². The van der Waals surface area contributed by atoms with Crippen LogP contribution in [0.4, 0.5) is 0 Å². The highest BCUT2D eigenvalue weighted by molar-refractivity contribution is 7.09. The molecular formula is C16H22N4OS. The lowest BCUT2D eigenvalue weighted by molar-refractivity contribution is -0.132. The van der Waals surface area contributed by atoms with Gasteiger partial charge in [-0.2, -0.15) is 0 Å². The van der Waals surface area contributed by atoms with E-state index in [4.69, 9.17) is 0 Å². The van der Waals surface area contributed by atoms with Crippen molar-refractivity contribution in [2.75, 3.05) is 13.1 Å². The van der Waals surface area contributed by atoms with Gasteiger partial charge in [-0.15, -0.1) is 11.3 Å². The molecule has 1 atom stereocenters. The second-order valence-electron chi connectivity index (χ2n) is 5.69. The zero-order valence-corrected chi connectivity index (χ0v) is 13.8. The zero-order chi connectivity index (χ0) is 15.4. The average molecular weight is 318 g/mol. The van der Waals surface area contributed by atoms with Gasteiger partial charge >= 0.3 is 0 Å². The summed E-state index contributed by atoms with van der Waals surface area (Å²) in [6, 6.07) is 0. The molecule has 1 aliphatic heterocycles. The average Bonchev–Trinajstić information content (AvgIpc) is 3.23. The van der Waals surface area contributed by atoms with E-state index >= 15 is 0 Å². The molecule has 0 N–H and O–H groups in total. The minimum atomic E-state index is 0.247. The largest absolute Gasteiger partial charge is 0.342 e. The first kappa shape index (κ1) is 15.2. The highest BCUT2D eigenvalue weighted by Gasteiger charge is 2.25. The molecule has 5 nitrogen and oxygen atoms in total. The number of piperidine rings is 1. The van der Waals surface area contributed by atoms with E-state index in [2.05, 4.69) is 21.5 Å². The van der Waals surface area contributed by atoms with Crippen LogP contribution in [0.15, 0.2) is 24.0 Å². The van der Waals surface area contributed by atoms with E-state index in [1.807, 2.05) is 28.9 Å². The van der Waals surface area contributed by atoms with Crippen LogP contribution in [0, 0.1) is 0 Å². The second kappa shape index (κ2) is 7.05. The fraction of sp³-hybridized carbons (Fsp3) is 0.562. The van der Waals surface area contributed by atoms with E-state index in [-0.39, 0.29) is 5.91 Å². The number of aromatic nitrogens is 3. The molecule has 3 rings (SSSR count). The van der Waals surface area contributed by atoms with Gasteiger partial charge in [-0.3, -0.25) is 4.79 Å². The molecule has 1 fully saturated rings. The van der Waals surface area contributed by atoms with Crippen molar-refractivity contribution in [2.24, 2.45) is 0 Å². The summed E-state index contributed by atoms with van der Waals surface area (Å²) >= 11 is 1.70. The van der Waals surface area contributed by atoms with Crippen LogP contribution in [0.25, 0.3) is 0 Å². The van der Waals surface area contributed by atoms with Gasteiger partial charge in [-0.1, -0.05) is 6.92 Å². The van der Waals surface area contributed by atoms with Crippen LogP contribution in [0.3, 0.4) is 0 Å². The standard InChI is InChI=1S/C16H22N4OS/c1-2-14-17-6-10-19(14)9-5-15(21)20-8-3-4-13(12-20)16-18-7-11-22-16/h6-7,10-11,13H,2-5,8-9,12H2,1H3/t13-/m0/s1. The van der Waals surface area contributed by atoms with Gasteiger partial charge in [-0.25, -0.2) is 9.97 Å². The third kappa shape index (κ3) is 3.38. The van der Waals surface area contributed by atoms with Crippen molar-refractivity contribution in [3.63, 3.8) is 0 Å². The first-order valence-corrected chi connectivity index (χ1v) is 8.83. The number of carbonyl (C=O) groups excluding carboxylic acids is 1. The highest BCUT2D eigenvalue weighted by atomic mass is 32.1. The lowest BCUT2D eigenvalue weighted by atomic mass is 9.98. The van der Waals surface area contributed by atoms with Crippen LogP contribution in [-0.4, -0.2) is 38.4 Å². The third-order valence-corrected chi connectivity index (χ3v) is 5.20. The van der Waals surface area contributed by atoms with Crippen molar-refractivity contribution < 1.29 is 4.79 Å². The maximum Gasteiger partial charge on any atom is 0.224 e. The monoisotopic (exact) mass is 318 g/mol. The van der Waals surface area contributed by atoms with Gasteiger partial charge in [0.2, 0.25) is 5.91 Å². The van der Waals surface area contributed by atoms with Crippen molar-refractivity contribution in [3.05, 3.63) is 34.8 Å². The summed E-state index contributed by atoms with van der Waals surface area (Å²) in [6.45, 7) is 4.51. The number of hydrogen-bond acceptors (Lipinski definition) is 4. The Hall–Kier alpha value is -1.69. The first-order valence-electron chi connectivity index (χ1n) is 7.95. The Morgan fingerprint density at radius 1 is 1.41 bits per heavy atom. The Kier molecular flexibility index (Phi) is 4.87. The maximum atomic E-state index is 12.5. The summed E-state index contributed by atoms with van der Waals surface area (Å²) < 4.78 is 2.08. The number of aryl methyl sites for hydroxylation is 2. The van der Waals surface area contributed by atoms with Gasteiger partial charge in [0.15, 0.2) is 0 Å². The van der Waals surface area contributed by atoms with Crippen LogP contribution in [0.1, 0.15) is 42.9 Å². The lowest BCUT2D eigenvalue weighted by Gasteiger charge is -2.32. The van der Waals surface area contributed by atoms with Gasteiger partial charge < -0.3 is 9.47 Å². The predicted molar refractivity (Wildman–Crippen MR) is 86.9 cm³/mol. The molecule has 1 saturated heterocycles. The molecule has 0 unspecified atom stereocenters. The zero-order valence-electron chi connectivity index (χ0n) is 12.9. The lowest BCUT2D eigenvalue weighted by Crippen LogP contribution is -2.39. The fourth-order valence-electron chi connectivity index (χ4n) is 3.07. The molecule has 1 amide bonds. The fourth-order valence-corrected chi connectivity index (χ4v) is 3.84.